The van der Waals surface area contributed by atoms with Crippen LogP contribution in [0.5, 0.6) is 0 Å². The number of benzene rings is 10. The average molecular weight is 883 g/mol. The summed E-state index contributed by atoms with van der Waals surface area (Å²) in [6.07, 6.45) is 2.07. The summed E-state index contributed by atoms with van der Waals surface area (Å²) in [6.45, 7) is 4.62. The first-order valence-electron chi connectivity index (χ1n) is 23.4. The number of allylic oxidation sites excluding steroid dienone is 1. The quantitative estimate of drug-likeness (QED) is 0.116. The maximum atomic E-state index is 5.18. The van der Waals surface area contributed by atoms with Crippen molar-refractivity contribution in [1.82, 2.24) is 9.13 Å². The monoisotopic (exact) mass is 882 g/mol. The van der Waals surface area contributed by atoms with Gasteiger partial charge in [-0.25, -0.2) is 0 Å². The maximum absolute atomic E-state index is 5.18. The van der Waals surface area contributed by atoms with E-state index in [1.54, 1.807) is 0 Å². The second kappa shape index (κ2) is 17.9. The van der Waals surface area contributed by atoms with Gasteiger partial charge in [0, 0.05) is 38.5 Å². The minimum absolute atomic E-state index is 0.543. The van der Waals surface area contributed by atoms with Crippen molar-refractivity contribution in [3.8, 4) is 44.8 Å². The zero-order chi connectivity index (χ0) is 46.1. The first kappa shape index (κ1) is 41.3. The summed E-state index contributed by atoms with van der Waals surface area (Å²) in [5, 5.41) is 4.88. The summed E-state index contributed by atoms with van der Waals surface area (Å²) in [5.74, 6) is 0. The third-order valence-corrected chi connectivity index (χ3v) is 13.3. The molecule has 0 unspecified atom stereocenters. The molecule has 69 heavy (non-hydrogen) atoms. The Morgan fingerprint density at radius 2 is 0.942 bits per heavy atom. The van der Waals surface area contributed by atoms with Gasteiger partial charge >= 0.3 is 0 Å². The molecule has 0 atom stereocenters. The number of aromatic nitrogens is 2. The topological polar surface area (TPSA) is 34.6 Å². The van der Waals surface area contributed by atoms with Crippen LogP contribution in [0.25, 0.3) is 94.1 Å². The summed E-state index contributed by atoms with van der Waals surface area (Å²) in [4.78, 5) is 9.82. The number of aliphatic imine (C=N–C) groups is 2. The third-order valence-electron chi connectivity index (χ3n) is 13.3. The van der Waals surface area contributed by atoms with E-state index in [0.717, 1.165) is 72.8 Å². The molecule has 0 spiro atoms. The summed E-state index contributed by atoms with van der Waals surface area (Å²) in [6, 6.07) is 88.7. The highest BCUT2D eigenvalue weighted by atomic mass is 15.0. The largest absolute Gasteiger partial charge is 0.309 e. The van der Waals surface area contributed by atoms with Crippen LogP contribution in [0.4, 0.5) is 0 Å². The number of fused-ring (bicyclic) bond motifs is 6. The van der Waals surface area contributed by atoms with Gasteiger partial charge in [0.25, 0.3) is 0 Å². The van der Waals surface area contributed by atoms with Crippen LogP contribution in [0, 0.1) is 0 Å². The zero-order valence-corrected chi connectivity index (χ0v) is 38.0. The van der Waals surface area contributed by atoms with Crippen molar-refractivity contribution < 1.29 is 0 Å². The van der Waals surface area contributed by atoms with Crippen molar-refractivity contribution in [3.63, 3.8) is 0 Å². The Bertz CT molecular complexity index is 3910. The van der Waals surface area contributed by atoms with E-state index in [1.807, 2.05) is 12.1 Å². The number of nitrogens with zero attached hydrogens (tertiary/aromatic N) is 4. The zero-order valence-electron chi connectivity index (χ0n) is 38.0. The molecule has 0 amide bonds. The molecule has 326 valence electrons. The van der Waals surface area contributed by atoms with Crippen molar-refractivity contribution in [2.45, 2.75) is 6.54 Å². The molecule has 2 aromatic heterocycles. The van der Waals surface area contributed by atoms with Crippen LogP contribution in [0.2, 0.25) is 0 Å². The molecule has 0 saturated carbocycles. The number of hydrogen-bond donors (Lipinski definition) is 0. The molecular weight excluding hydrogens is 837 g/mol. The molecule has 0 aliphatic heterocycles. The van der Waals surface area contributed by atoms with Crippen LogP contribution in [-0.4, -0.2) is 21.6 Å². The van der Waals surface area contributed by atoms with E-state index in [1.165, 1.54) is 43.7 Å². The molecule has 4 nitrogen and oxygen atoms in total. The van der Waals surface area contributed by atoms with E-state index >= 15 is 0 Å². The van der Waals surface area contributed by atoms with Gasteiger partial charge in [-0.15, -0.1) is 0 Å². The fourth-order valence-corrected chi connectivity index (χ4v) is 10.0. The van der Waals surface area contributed by atoms with Crippen LogP contribution >= 0.6 is 0 Å². The second-order valence-electron chi connectivity index (χ2n) is 17.4. The lowest BCUT2D eigenvalue weighted by Gasteiger charge is -2.12. The first-order valence-corrected chi connectivity index (χ1v) is 23.4. The van der Waals surface area contributed by atoms with Gasteiger partial charge in [0.05, 0.1) is 40.0 Å². The molecule has 0 aliphatic carbocycles. The molecule has 12 aromatic rings. The molecular formula is C65H46N4. The van der Waals surface area contributed by atoms with Crippen molar-refractivity contribution in [3.05, 3.63) is 271 Å². The van der Waals surface area contributed by atoms with Gasteiger partial charge in [-0.1, -0.05) is 194 Å². The Labute approximate surface area is 401 Å². The summed E-state index contributed by atoms with van der Waals surface area (Å²) in [5.41, 5.74) is 18.6. The summed E-state index contributed by atoms with van der Waals surface area (Å²) >= 11 is 0. The lowest BCUT2D eigenvalue weighted by molar-refractivity contribution is 1.07. The first-order chi connectivity index (χ1) is 34.2. The average Bonchev–Trinajstić information content (AvgIpc) is 3.95. The Morgan fingerprint density at radius 1 is 0.391 bits per heavy atom. The van der Waals surface area contributed by atoms with Gasteiger partial charge < -0.3 is 9.13 Å². The van der Waals surface area contributed by atoms with Crippen LogP contribution in [-0.2, 0) is 6.54 Å². The van der Waals surface area contributed by atoms with Crippen LogP contribution in [0.15, 0.2) is 265 Å². The van der Waals surface area contributed by atoms with E-state index in [-0.39, 0.29) is 0 Å². The van der Waals surface area contributed by atoms with E-state index in [2.05, 4.69) is 264 Å². The minimum Gasteiger partial charge on any atom is -0.309 e. The lowest BCUT2D eigenvalue weighted by Crippen LogP contribution is -2.00. The highest BCUT2D eigenvalue weighted by Crippen LogP contribution is 2.41. The van der Waals surface area contributed by atoms with E-state index in [4.69, 9.17) is 4.99 Å². The lowest BCUT2D eigenvalue weighted by atomic mass is 9.96. The van der Waals surface area contributed by atoms with Gasteiger partial charge in [0.2, 0.25) is 0 Å². The SMILES string of the molecule is C=N/C(=C\C(=N/Cc1ccccc1)c1ccc(-c2ccccc2)cc1)c1cccc(-c2cccc3c2c2ccccc2n3-c2cccc(-c3ccc4c5ccccc5n(-c5ccccc5)c4c3)c2)c1. The molecule has 2 heterocycles. The van der Waals surface area contributed by atoms with Gasteiger partial charge in [-0.3, -0.25) is 9.98 Å². The molecule has 12 rings (SSSR count). The summed E-state index contributed by atoms with van der Waals surface area (Å²) in [7, 11) is 0. The maximum Gasteiger partial charge on any atom is 0.0716 e. The second-order valence-corrected chi connectivity index (χ2v) is 17.4. The van der Waals surface area contributed by atoms with Crippen molar-refractivity contribution in [2.75, 3.05) is 0 Å². The van der Waals surface area contributed by atoms with E-state index in [0.29, 0.717) is 6.54 Å². The van der Waals surface area contributed by atoms with Crippen LogP contribution in [0.1, 0.15) is 16.7 Å². The third kappa shape index (κ3) is 7.74. The standard InChI is InChI=1S/C65H46N4/c1-66-59(43-60(67-44-45-18-5-2-6-19-45)48-36-34-47(35-37-48)46-20-7-3-8-21-46)52-24-15-23-51(40-52)55-30-17-33-63-65(55)58-29-12-14-32-62(58)69(63)54-27-16-22-49(41-54)50-38-39-57-56-28-11-13-31-61(56)68(64(57)42-50)53-25-9-4-10-26-53/h2-43H,1,44H2/b59-43-,67-60+. The Hall–Kier alpha value is -9.12. The van der Waals surface area contributed by atoms with Crippen molar-refractivity contribution >= 4 is 61.7 Å². The van der Waals surface area contributed by atoms with E-state index < -0.39 is 0 Å². The fourth-order valence-electron chi connectivity index (χ4n) is 10.0. The normalized spacial score (nSPS) is 12.1. The smallest absolute Gasteiger partial charge is 0.0716 e. The van der Waals surface area contributed by atoms with Gasteiger partial charge in [0.1, 0.15) is 0 Å². The van der Waals surface area contributed by atoms with Crippen molar-refractivity contribution in [1.29, 1.82) is 0 Å². The molecule has 4 heteroatoms. The highest BCUT2D eigenvalue weighted by Gasteiger charge is 2.18. The van der Waals surface area contributed by atoms with Gasteiger partial charge in [-0.2, -0.15) is 0 Å². The van der Waals surface area contributed by atoms with Crippen molar-refractivity contribution in [2.24, 2.45) is 9.98 Å². The van der Waals surface area contributed by atoms with Gasteiger partial charge in [0.15, 0.2) is 0 Å². The highest BCUT2D eigenvalue weighted by molar-refractivity contribution is 6.16. The molecule has 0 aliphatic rings. The van der Waals surface area contributed by atoms with Crippen LogP contribution < -0.4 is 0 Å². The van der Waals surface area contributed by atoms with Gasteiger partial charge in [-0.05, 0) is 112 Å². The molecule has 0 radical (unpaired) electrons. The molecule has 0 bridgehead atoms. The Morgan fingerprint density at radius 3 is 1.72 bits per heavy atom. The predicted octanol–water partition coefficient (Wildman–Crippen LogP) is 16.6. The van der Waals surface area contributed by atoms with E-state index in [9.17, 15) is 0 Å². The molecule has 0 fully saturated rings. The molecule has 0 saturated heterocycles. The fraction of sp³-hybridized carbons (Fsp3) is 0.0154. The Kier molecular flexibility index (Phi) is 10.7. The predicted molar refractivity (Wildman–Crippen MR) is 292 cm³/mol. The number of para-hydroxylation sites is 3. The number of hydrogen-bond acceptors (Lipinski definition) is 2. The van der Waals surface area contributed by atoms with Crippen LogP contribution in [0.3, 0.4) is 0 Å². The molecule has 10 aromatic carbocycles. The minimum atomic E-state index is 0.543. The summed E-state index contributed by atoms with van der Waals surface area (Å²) < 4.78 is 4.80. The number of rotatable bonds is 11. The molecule has 0 N–H and O–H groups in total. The Balaban J connectivity index is 0.940.